The fourth-order valence-electron chi connectivity index (χ4n) is 4.81. The average molecular weight is 379 g/mol. The van der Waals surface area contributed by atoms with E-state index in [9.17, 15) is 0 Å². The number of nitrogens with zero attached hydrogens (tertiary/aromatic N) is 2. The Balaban J connectivity index is 2.06. The van der Waals surface area contributed by atoms with Gasteiger partial charge in [0, 0.05) is 24.5 Å². The van der Waals surface area contributed by atoms with Gasteiger partial charge in [0.25, 0.3) is 0 Å². The van der Waals surface area contributed by atoms with Crippen molar-refractivity contribution in [3.63, 3.8) is 0 Å². The van der Waals surface area contributed by atoms with Crippen LogP contribution in [-0.4, -0.2) is 18.8 Å². The summed E-state index contributed by atoms with van der Waals surface area (Å²) in [4.78, 5) is 5.52. The van der Waals surface area contributed by atoms with Gasteiger partial charge in [0.2, 0.25) is 0 Å². The largest absolute Gasteiger partial charge is 0.349 e. The molecule has 1 fully saturated rings. The highest BCUT2D eigenvalue weighted by Crippen LogP contribution is 2.42. The summed E-state index contributed by atoms with van der Waals surface area (Å²) >= 11 is 0. The van der Waals surface area contributed by atoms with Crippen LogP contribution in [0.15, 0.2) is 60.7 Å². The molecule has 0 spiro atoms. The van der Waals surface area contributed by atoms with Crippen LogP contribution in [0.2, 0.25) is 0 Å². The first-order valence-electron chi connectivity index (χ1n) is 11.5. The van der Waals surface area contributed by atoms with Crippen molar-refractivity contribution in [3.8, 4) is 0 Å². The maximum absolute atomic E-state index is 2.76. The maximum atomic E-state index is 2.76. The van der Waals surface area contributed by atoms with Crippen molar-refractivity contribution in [2.24, 2.45) is 0 Å². The molecule has 0 radical (unpaired) electrons. The van der Waals surface area contributed by atoms with Crippen LogP contribution in [0.3, 0.4) is 0 Å². The summed E-state index contributed by atoms with van der Waals surface area (Å²) in [5, 5.41) is 0. The van der Waals surface area contributed by atoms with Gasteiger partial charge < -0.3 is 9.80 Å². The molecule has 0 saturated heterocycles. The zero-order chi connectivity index (χ0) is 19.7. The van der Waals surface area contributed by atoms with Crippen molar-refractivity contribution in [1.82, 2.24) is 0 Å². The molecule has 2 nitrogen and oxygen atoms in total. The van der Waals surface area contributed by atoms with E-state index in [-0.39, 0.29) is 5.66 Å². The van der Waals surface area contributed by atoms with E-state index in [1.165, 1.54) is 69.2 Å². The molecule has 2 aromatic rings. The number of anilines is 2. The molecule has 28 heavy (non-hydrogen) atoms. The lowest BCUT2D eigenvalue weighted by Crippen LogP contribution is -2.63. The van der Waals surface area contributed by atoms with E-state index >= 15 is 0 Å². The Morgan fingerprint density at radius 3 is 1.46 bits per heavy atom. The van der Waals surface area contributed by atoms with E-state index in [0.29, 0.717) is 0 Å². The molecule has 0 unspecified atom stereocenters. The quantitative estimate of drug-likeness (QED) is 0.401. The number of hydrogen-bond donors (Lipinski definition) is 0. The van der Waals surface area contributed by atoms with E-state index < -0.39 is 0 Å². The number of hydrogen-bond acceptors (Lipinski definition) is 2. The Kier molecular flexibility index (Phi) is 7.82. The van der Waals surface area contributed by atoms with Gasteiger partial charge in [-0.25, -0.2) is 0 Å². The van der Waals surface area contributed by atoms with Crippen LogP contribution >= 0.6 is 0 Å². The molecule has 0 aliphatic heterocycles. The van der Waals surface area contributed by atoms with Gasteiger partial charge in [-0.15, -0.1) is 0 Å². The van der Waals surface area contributed by atoms with Gasteiger partial charge in [-0.05, 0) is 62.8 Å². The van der Waals surface area contributed by atoms with Gasteiger partial charge in [-0.2, -0.15) is 0 Å². The predicted octanol–water partition coefficient (Wildman–Crippen LogP) is 7.26. The molecule has 0 atom stereocenters. The van der Waals surface area contributed by atoms with E-state index in [1.54, 1.807) is 0 Å². The smallest absolute Gasteiger partial charge is 0.113 e. The molecule has 0 heterocycles. The molecule has 1 aliphatic rings. The SMILES string of the molecule is CCCCN(c1ccccc1)C1(N(CCCC)c2ccccc2)CCCCC1. The average Bonchev–Trinajstić information content (AvgIpc) is 2.76. The van der Waals surface area contributed by atoms with Gasteiger partial charge in [0.05, 0.1) is 0 Å². The van der Waals surface area contributed by atoms with Crippen molar-refractivity contribution in [2.75, 3.05) is 22.9 Å². The molecule has 2 aromatic carbocycles. The second kappa shape index (κ2) is 10.5. The topological polar surface area (TPSA) is 6.48 Å². The lowest BCUT2D eigenvalue weighted by atomic mass is 9.84. The van der Waals surface area contributed by atoms with Crippen LogP contribution in [0.4, 0.5) is 11.4 Å². The number of rotatable bonds is 10. The number of unbranched alkanes of at least 4 members (excludes halogenated alkanes) is 2. The summed E-state index contributed by atoms with van der Waals surface area (Å²) in [6.45, 7) is 6.89. The van der Waals surface area contributed by atoms with Crippen molar-refractivity contribution >= 4 is 11.4 Å². The Morgan fingerprint density at radius 2 is 1.07 bits per heavy atom. The summed E-state index contributed by atoms with van der Waals surface area (Å²) in [7, 11) is 0. The zero-order valence-electron chi connectivity index (χ0n) is 17.9. The molecule has 3 rings (SSSR count). The van der Waals surface area contributed by atoms with E-state index in [2.05, 4.69) is 84.3 Å². The maximum Gasteiger partial charge on any atom is 0.113 e. The third-order valence-corrected chi connectivity index (χ3v) is 6.27. The molecule has 0 bridgehead atoms. The molecule has 0 aromatic heterocycles. The van der Waals surface area contributed by atoms with E-state index in [4.69, 9.17) is 0 Å². The van der Waals surface area contributed by atoms with Crippen LogP contribution in [0.5, 0.6) is 0 Å². The van der Waals surface area contributed by atoms with Crippen LogP contribution < -0.4 is 9.80 Å². The minimum absolute atomic E-state index is 0.0886. The highest BCUT2D eigenvalue weighted by molar-refractivity contribution is 5.57. The van der Waals surface area contributed by atoms with Crippen LogP contribution in [0.1, 0.15) is 71.6 Å². The van der Waals surface area contributed by atoms with Gasteiger partial charge >= 0.3 is 0 Å². The van der Waals surface area contributed by atoms with Gasteiger partial charge in [0.1, 0.15) is 5.66 Å². The molecule has 152 valence electrons. The Hall–Kier alpha value is -1.96. The van der Waals surface area contributed by atoms with Crippen LogP contribution in [0.25, 0.3) is 0 Å². The lowest BCUT2D eigenvalue weighted by Gasteiger charge is -2.55. The van der Waals surface area contributed by atoms with Crippen molar-refractivity contribution in [1.29, 1.82) is 0 Å². The van der Waals surface area contributed by atoms with Crippen molar-refractivity contribution < 1.29 is 0 Å². The summed E-state index contributed by atoms with van der Waals surface area (Å²) in [6.07, 6.45) is 11.5. The second-order valence-corrected chi connectivity index (χ2v) is 8.22. The molecular formula is C26H38N2. The molecule has 0 amide bonds. The van der Waals surface area contributed by atoms with Gasteiger partial charge in [0.15, 0.2) is 0 Å². The van der Waals surface area contributed by atoms with Gasteiger partial charge in [-0.1, -0.05) is 69.5 Å². The Labute approximate surface area is 172 Å². The highest BCUT2D eigenvalue weighted by atomic mass is 15.4. The van der Waals surface area contributed by atoms with E-state index in [1.807, 2.05) is 0 Å². The molecule has 1 aliphatic carbocycles. The monoisotopic (exact) mass is 378 g/mol. The zero-order valence-corrected chi connectivity index (χ0v) is 17.9. The Bertz CT molecular complexity index is 608. The molecule has 1 saturated carbocycles. The number of para-hydroxylation sites is 2. The summed E-state index contributed by atoms with van der Waals surface area (Å²) in [5.74, 6) is 0. The molecular weight excluding hydrogens is 340 g/mol. The van der Waals surface area contributed by atoms with Gasteiger partial charge in [-0.3, -0.25) is 0 Å². The fraction of sp³-hybridized carbons (Fsp3) is 0.538. The predicted molar refractivity (Wildman–Crippen MR) is 123 cm³/mol. The molecule has 0 N–H and O–H groups in total. The third-order valence-electron chi connectivity index (χ3n) is 6.27. The first kappa shape index (κ1) is 20.8. The molecule has 2 heteroatoms. The van der Waals surface area contributed by atoms with E-state index in [0.717, 1.165) is 13.1 Å². The minimum atomic E-state index is 0.0886. The fourth-order valence-corrected chi connectivity index (χ4v) is 4.81. The lowest BCUT2D eigenvalue weighted by molar-refractivity contribution is 0.258. The number of benzene rings is 2. The van der Waals surface area contributed by atoms with Crippen LogP contribution in [0, 0.1) is 0 Å². The van der Waals surface area contributed by atoms with Crippen molar-refractivity contribution in [2.45, 2.75) is 77.3 Å². The summed E-state index contributed by atoms with van der Waals surface area (Å²) < 4.78 is 0. The Morgan fingerprint density at radius 1 is 0.643 bits per heavy atom. The highest BCUT2D eigenvalue weighted by Gasteiger charge is 2.43. The van der Waals surface area contributed by atoms with Crippen molar-refractivity contribution in [3.05, 3.63) is 60.7 Å². The standard InChI is InChI=1S/C26H38N2/c1-3-5-22-27(24-16-10-7-11-17-24)26(20-14-9-15-21-26)28(23-6-4-2)25-18-12-8-13-19-25/h7-8,10-13,16-19H,3-6,9,14-15,20-23H2,1-2H3. The van der Waals surface area contributed by atoms with Crippen LogP contribution in [-0.2, 0) is 0 Å². The first-order chi connectivity index (χ1) is 13.8. The third kappa shape index (κ3) is 4.71. The first-order valence-corrected chi connectivity index (χ1v) is 11.5. The summed E-state index contributed by atoms with van der Waals surface area (Å²) in [6, 6.07) is 22.3. The normalized spacial score (nSPS) is 15.9. The minimum Gasteiger partial charge on any atom is -0.349 e. The second-order valence-electron chi connectivity index (χ2n) is 8.22. The summed E-state index contributed by atoms with van der Waals surface area (Å²) in [5.41, 5.74) is 2.86.